The number of hydrogen-bond donors (Lipinski definition) is 0. The van der Waals surface area contributed by atoms with Crippen molar-refractivity contribution in [2.75, 3.05) is 0 Å². The second-order valence-electron chi connectivity index (χ2n) is 4.35. The molecule has 90 valence electrons. The van der Waals surface area contributed by atoms with Crippen LogP contribution in [0.25, 0.3) is 12.2 Å². The van der Waals surface area contributed by atoms with Crippen molar-refractivity contribution in [3.05, 3.63) is 61.5 Å². The molecule has 0 bridgehead atoms. The van der Waals surface area contributed by atoms with Crippen LogP contribution in [0.1, 0.15) is 21.0 Å². The maximum Gasteiger partial charge on any atom is 0.0900 e. The summed E-state index contributed by atoms with van der Waals surface area (Å²) in [4.78, 5) is 5.47. The van der Waals surface area contributed by atoms with Crippen LogP contribution in [0.15, 0.2) is 40.5 Å². The quantitative estimate of drug-likeness (QED) is 0.770. The highest BCUT2D eigenvalue weighted by atomic mass is 79.9. The predicted molar refractivity (Wildman–Crippen MR) is 81.7 cm³/mol. The first-order valence-electron chi connectivity index (χ1n) is 5.80. The molecule has 3 rings (SSSR count). The Kier molecular flexibility index (Phi) is 3.18. The summed E-state index contributed by atoms with van der Waals surface area (Å²) < 4.78 is 1.15. The van der Waals surface area contributed by atoms with Crippen LogP contribution in [0.2, 0.25) is 0 Å². The van der Waals surface area contributed by atoms with Gasteiger partial charge in [0, 0.05) is 15.5 Å². The lowest BCUT2D eigenvalue weighted by atomic mass is 10.1. The molecule has 0 aliphatic heterocycles. The van der Waals surface area contributed by atoms with E-state index in [-0.39, 0.29) is 0 Å². The topological polar surface area (TPSA) is 12.9 Å². The number of benzene rings is 1. The van der Waals surface area contributed by atoms with Gasteiger partial charge >= 0.3 is 0 Å². The van der Waals surface area contributed by atoms with Crippen molar-refractivity contribution in [2.45, 2.75) is 13.3 Å². The third-order valence-electron chi connectivity index (χ3n) is 2.94. The van der Waals surface area contributed by atoms with Gasteiger partial charge in [-0.05, 0) is 48.3 Å². The predicted octanol–water partition coefficient (Wildman–Crippen LogP) is 4.87. The Morgan fingerprint density at radius 3 is 3.00 bits per heavy atom. The molecule has 0 N–H and O–H groups in total. The molecule has 0 amide bonds. The fraction of sp³-hybridized carbons (Fsp3) is 0.133. The van der Waals surface area contributed by atoms with E-state index in [0.717, 1.165) is 15.9 Å². The molecule has 0 saturated carbocycles. The van der Waals surface area contributed by atoms with E-state index in [9.17, 15) is 0 Å². The zero-order chi connectivity index (χ0) is 12.5. The Morgan fingerprint density at radius 1 is 1.33 bits per heavy atom. The third kappa shape index (κ3) is 2.47. The Labute approximate surface area is 119 Å². The maximum atomic E-state index is 4.25. The molecule has 0 fully saturated rings. The van der Waals surface area contributed by atoms with Gasteiger partial charge in [0.05, 0.1) is 5.01 Å². The average Bonchev–Trinajstić information content (AvgIpc) is 2.92. The fourth-order valence-corrected chi connectivity index (χ4v) is 3.19. The number of thiazole rings is 1. The van der Waals surface area contributed by atoms with Crippen LogP contribution >= 0.6 is 27.3 Å². The third-order valence-corrected chi connectivity index (χ3v) is 4.31. The fourth-order valence-electron chi connectivity index (χ4n) is 2.09. The molecule has 1 aromatic carbocycles. The summed E-state index contributed by atoms with van der Waals surface area (Å²) in [6.45, 7) is 2.03. The molecule has 0 radical (unpaired) electrons. The molecule has 18 heavy (non-hydrogen) atoms. The first-order valence-corrected chi connectivity index (χ1v) is 7.41. The minimum Gasteiger partial charge on any atom is -0.249 e. The lowest BCUT2D eigenvalue weighted by molar-refractivity contribution is 1.24. The summed E-state index contributed by atoms with van der Waals surface area (Å²) >= 11 is 5.24. The molecule has 1 nitrogen and oxygen atoms in total. The number of rotatable bonds is 2. The normalized spacial score (nSPS) is 14.0. The first-order chi connectivity index (χ1) is 8.70. The van der Waals surface area contributed by atoms with Crippen LogP contribution in [0, 0.1) is 6.92 Å². The molecule has 0 atom stereocenters. The Hall–Kier alpha value is -1.19. The molecule has 1 aromatic heterocycles. The molecule has 1 heterocycles. The molecule has 1 aliphatic carbocycles. The van der Waals surface area contributed by atoms with Crippen molar-refractivity contribution >= 4 is 39.4 Å². The van der Waals surface area contributed by atoms with Crippen LogP contribution in [0.3, 0.4) is 0 Å². The van der Waals surface area contributed by atoms with Gasteiger partial charge < -0.3 is 0 Å². The molecular weight excluding hydrogens is 306 g/mol. The Morgan fingerprint density at radius 2 is 2.22 bits per heavy atom. The zero-order valence-electron chi connectivity index (χ0n) is 9.98. The van der Waals surface area contributed by atoms with Crippen molar-refractivity contribution < 1.29 is 0 Å². The Bertz CT molecular complexity index is 652. The van der Waals surface area contributed by atoms with Crippen molar-refractivity contribution in [3.63, 3.8) is 0 Å². The molecule has 0 unspecified atom stereocenters. The summed E-state index contributed by atoms with van der Waals surface area (Å²) in [6, 6.07) is 6.45. The number of aryl methyl sites for hydroxylation is 1. The summed E-state index contributed by atoms with van der Waals surface area (Å²) in [5, 5.41) is 1.11. The molecule has 1 aliphatic rings. The van der Waals surface area contributed by atoms with Crippen LogP contribution in [-0.2, 0) is 6.42 Å². The minimum absolute atomic E-state index is 1.02. The summed E-state index contributed by atoms with van der Waals surface area (Å²) in [5.74, 6) is 0. The van der Waals surface area contributed by atoms with Gasteiger partial charge in [-0.1, -0.05) is 34.1 Å². The maximum absolute atomic E-state index is 4.25. The lowest BCUT2D eigenvalue weighted by Crippen LogP contribution is -1.82. The number of nitrogens with zero attached hydrogens (tertiary/aromatic N) is 1. The highest BCUT2D eigenvalue weighted by Crippen LogP contribution is 2.28. The number of fused-ring (bicyclic) bond motifs is 1. The van der Waals surface area contributed by atoms with E-state index in [1.165, 1.54) is 21.6 Å². The van der Waals surface area contributed by atoms with Gasteiger partial charge in [-0.15, -0.1) is 11.3 Å². The second-order valence-corrected chi connectivity index (χ2v) is 6.54. The van der Waals surface area contributed by atoms with Crippen LogP contribution in [-0.4, -0.2) is 4.98 Å². The van der Waals surface area contributed by atoms with Crippen molar-refractivity contribution in [3.8, 4) is 0 Å². The minimum atomic E-state index is 1.02. The van der Waals surface area contributed by atoms with Gasteiger partial charge in [-0.3, -0.25) is 0 Å². The highest BCUT2D eigenvalue weighted by molar-refractivity contribution is 9.10. The molecular formula is C15H12BrNS. The van der Waals surface area contributed by atoms with Gasteiger partial charge in [0.2, 0.25) is 0 Å². The van der Waals surface area contributed by atoms with Crippen LogP contribution in [0.5, 0.6) is 0 Å². The first kappa shape index (κ1) is 11.9. The molecule has 3 heteroatoms. The summed E-state index contributed by atoms with van der Waals surface area (Å²) in [5.41, 5.74) is 4.08. The van der Waals surface area contributed by atoms with Crippen molar-refractivity contribution in [1.82, 2.24) is 4.98 Å². The number of halogens is 1. The van der Waals surface area contributed by atoms with Crippen molar-refractivity contribution in [1.29, 1.82) is 0 Å². The van der Waals surface area contributed by atoms with Gasteiger partial charge in [-0.2, -0.15) is 0 Å². The highest BCUT2D eigenvalue weighted by Gasteiger charge is 2.10. The molecule has 2 aromatic rings. The largest absolute Gasteiger partial charge is 0.249 e. The van der Waals surface area contributed by atoms with E-state index in [2.05, 4.69) is 57.3 Å². The average molecular weight is 318 g/mol. The van der Waals surface area contributed by atoms with Crippen molar-refractivity contribution in [2.24, 2.45) is 0 Å². The Balaban J connectivity index is 1.79. The SMILES string of the molecule is Cc1ncc(/C=C/C2=Cc3ccc(Br)cc3C2)s1. The molecule has 0 spiro atoms. The number of allylic oxidation sites excluding steroid dienone is 2. The number of hydrogen-bond acceptors (Lipinski definition) is 2. The summed E-state index contributed by atoms with van der Waals surface area (Å²) in [6.07, 6.45) is 9.54. The van der Waals surface area contributed by atoms with E-state index in [1.807, 2.05) is 13.1 Å². The monoisotopic (exact) mass is 317 g/mol. The van der Waals surface area contributed by atoms with Crippen LogP contribution < -0.4 is 0 Å². The molecule has 0 saturated heterocycles. The van der Waals surface area contributed by atoms with E-state index in [4.69, 9.17) is 0 Å². The zero-order valence-corrected chi connectivity index (χ0v) is 12.4. The van der Waals surface area contributed by atoms with Gasteiger partial charge in [0.1, 0.15) is 0 Å². The van der Waals surface area contributed by atoms with E-state index in [0.29, 0.717) is 0 Å². The standard InChI is InChI=1S/C15H12BrNS/c1-10-17-9-15(18-10)5-2-11-6-12-3-4-14(16)8-13(12)7-11/h2-6,8-9H,7H2,1H3/b5-2+. The van der Waals surface area contributed by atoms with Gasteiger partial charge in [0.25, 0.3) is 0 Å². The van der Waals surface area contributed by atoms with E-state index >= 15 is 0 Å². The smallest absolute Gasteiger partial charge is 0.0900 e. The van der Waals surface area contributed by atoms with E-state index < -0.39 is 0 Å². The van der Waals surface area contributed by atoms with Gasteiger partial charge in [0.15, 0.2) is 0 Å². The van der Waals surface area contributed by atoms with Crippen LogP contribution in [0.4, 0.5) is 0 Å². The lowest BCUT2D eigenvalue weighted by Gasteiger charge is -1.97. The van der Waals surface area contributed by atoms with Gasteiger partial charge in [-0.25, -0.2) is 4.98 Å². The number of aromatic nitrogens is 1. The summed E-state index contributed by atoms with van der Waals surface area (Å²) in [7, 11) is 0. The van der Waals surface area contributed by atoms with E-state index in [1.54, 1.807) is 11.3 Å². The second kappa shape index (κ2) is 4.82.